The van der Waals surface area contributed by atoms with Gasteiger partial charge in [0.15, 0.2) is 0 Å². The van der Waals surface area contributed by atoms with Crippen LogP contribution in [0.15, 0.2) is 0 Å². The number of hydrogen-bond donors (Lipinski definition) is 3. The van der Waals surface area contributed by atoms with E-state index in [9.17, 15) is 0 Å². The van der Waals surface area contributed by atoms with Crippen LogP contribution in [-0.2, 0) is 0 Å². The van der Waals surface area contributed by atoms with Crippen LogP contribution < -0.4 is 5.73 Å². The highest BCUT2D eigenvalue weighted by atomic mass is 16.3. The van der Waals surface area contributed by atoms with Gasteiger partial charge in [-0.2, -0.15) is 0 Å². The summed E-state index contributed by atoms with van der Waals surface area (Å²) in [4.78, 5) is 2.20. The Bertz CT molecular complexity index is 150. The molecule has 0 heterocycles. The average molecular weight is 187 g/mol. The molecule has 4 nitrogen and oxygen atoms in total. The molecule has 0 rings (SSSR count). The van der Waals surface area contributed by atoms with Crippen molar-refractivity contribution in [3.63, 3.8) is 0 Å². The monoisotopic (exact) mass is 187 g/mol. The van der Waals surface area contributed by atoms with Crippen LogP contribution in [0.4, 0.5) is 0 Å². The zero-order chi connectivity index (χ0) is 10.3. The molecule has 0 aromatic rings. The summed E-state index contributed by atoms with van der Waals surface area (Å²) in [6, 6.07) is 0. The first-order valence-electron chi connectivity index (χ1n) is 4.78. The fourth-order valence-corrected chi connectivity index (χ4v) is 1.16. The number of nitrogens with one attached hydrogen (secondary N) is 1. The van der Waals surface area contributed by atoms with Gasteiger partial charge in [-0.05, 0) is 13.0 Å². The van der Waals surface area contributed by atoms with E-state index < -0.39 is 0 Å². The fraction of sp³-hybridized carbons (Fsp3) is 0.889. The van der Waals surface area contributed by atoms with Crippen molar-refractivity contribution < 1.29 is 5.11 Å². The molecule has 0 fully saturated rings. The van der Waals surface area contributed by atoms with E-state index in [0.717, 1.165) is 26.1 Å². The predicted octanol–water partition coefficient (Wildman–Crippen LogP) is 0.263. The van der Waals surface area contributed by atoms with Gasteiger partial charge in [0.2, 0.25) is 0 Å². The van der Waals surface area contributed by atoms with Crippen molar-refractivity contribution >= 4 is 5.84 Å². The molecule has 4 heteroatoms. The van der Waals surface area contributed by atoms with Crippen LogP contribution in [-0.4, -0.2) is 42.1 Å². The largest absolute Gasteiger partial charge is 0.396 e. The van der Waals surface area contributed by atoms with E-state index in [0.29, 0.717) is 0 Å². The molecule has 1 atom stereocenters. The van der Waals surface area contributed by atoms with Crippen LogP contribution in [0.2, 0.25) is 0 Å². The number of rotatable bonds is 7. The van der Waals surface area contributed by atoms with Crippen molar-refractivity contribution in [2.45, 2.75) is 20.3 Å². The second-order valence-electron chi connectivity index (χ2n) is 3.33. The number of nitrogens with zero attached hydrogens (tertiary/aromatic N) is 1. The van der Waals surface area contributed by atoms with Gasteiger partial charge in [-0.15, -0.1) is 0 Å². The first-order valence-corrected chi connectivity index (χ1v) is 4.78. The Morgan fingerprint density at radius 2 is 2.23 bits per heavy atom. The van der Waals surface area contributed by atoms with Crippen LogP contribution in [0, 0.1) is 11.3 Å². The molecule has 4 N–H and O–H groups in total. The maximum atomic E-state index is 8.66. The highest BCUT2D eigenvalue weighted by molar-refractivity contribution is 5.79. The highest BCUT2D eigenvalue weighted by Crippen LogP contribution is 1.99. The summed E-state index contributed by atoms with van der Waals surface area (Å²) in [5.74, 6) is 0.348. The lowest BCUT2D eigenvalue weighted by molar-refractivity contribution is 0.222. The molecule has 0 aromatic heterocycles. The minimum absolute atomic E-state index is 0.110. The third kappa shape index (κ3) is 5.60. The van der Waals surface area contributed by atoms with Gasteiger partial charge in [0.25, 0.3) is 0 Å². The minimum Gasteiger partial charge on any atom is -0.396 e. The maximum absolute atomic E-state index is 8.66. The third-order valence-electron chi connectivity index (χ3n) is 2.14. The number of aliphatic hydroxyl groups excluding tert-OH is 1. The molecule has 0 bridgehead atoms. The molecular weight excluding hydrogens is 166 g/mol. The van der Waals surface area contributed by atoms with E-state index in [4.69, 9.17) is 16.2 Å². The lowest BCUT2D eigenvalue weighted by Gasteiger charge is -2.23. The van der Waals surface area contributed by atoms with Crippen LogP contribution in [0.5, 0.6) is 0 Å². The Morgan fingerprint density at radius 1 is 1.62 bits per heavy atom. The van der Waals surface area contributed by atoms with Gasteiger partial charge >= 0.3 is 0 Å². The van der Waals surface area contributed by atoms with Crippen molar-refractivity contribution in [2.75, 3.05) is 26.2 Å². The topological polar surface area (TPSA) is 73.3 Å². The maximum Gasteiger partial charge on any atom is 0.0947 e. The molecule has 13 heavy (non-hydrogen) atoms. The fourth-order valence-electron chi connectivity index (χ4n) is 1.16. The minimum atomic E-state index is 0.110. The van der Waals surface area contributed by atoms with E-state index in [1.54, 1.807) is 0 Å². The molecule has 0 radical (unpaired) electrons. The summed E-state index contributed by atoms with van der Waals surface area (Å²) >= 11 is 0. The molecule has 0 spiro atoms. The predicted molar refractivity (Wildman–Crippen MR) is 54.9 cm³/mol. The van der Waals surface area contributed by atoms with Gasteiger partial charge in [0, 0.05) is 25.6 Å². The molecule has 0 aliphatic carbocycles. The van der Waals surface area contributed by atoms with E-state index >= 15 is 0 Å². The number of amidine groups is 1. The van der Waals surface area contributed by atoms with Crippen LogP contribution in [0.3, 0.4) is 0 Å². The Hall–Kier alpha value is -0.610. The summed E-state index contributed by atoms with van der Waals surface area (Å²) in [5.41, 5.74) is 5.37. The number of aliphatic hydroxyl groups is 1. The average Bonchev–Trinajstić information content (AvgIpc) is 2.11. The summed E-state index contributed by atoms with van der Waals surface area (Å²) < 4.78 is 0. The van der Waals surface area contributed by atoms with Gasteiger partial charge in [0.1, 0.15) is 0 Å². The molecule has 0 saturated carbocycles. The number of hydrogen-bond acceptors (Lipinski definition) is 3. The Morgan fingerprint density at radius 3 is 2.62 bits per heavy atom. The van der Waals surface area contributed by atoms with Crippen LogP contribution in [0.25, 0.3) is 0 Å². The zero-order valence-corrected chi connectivity index (χ0v) is 8.58. The van der Waals surface area contributed by atoms with Gasteiger partial charge < -0.3 is 15.7 Å². The molecule has 0 aliphatic rings. The molecule has 1 unspecified atom stereocenters. The molecule has 0 saturated heterocycles. The van der Waals surface area contributed by atoms with E-state index in [2.05, 4.69) is 11.8 Å². The first-order chi connectivity index (χ1) is 6.11. The van der Waals surface area contributed by atoms with E-state index in [1.807, 2.05) is 6.92 Å². The smallest absolute Gasteiger partial charge is 0.0947 e. The van der Waals surface area contributed by atoms with Crippen molar-refractivity contribution in [2.24, 2.45) is 11.7 Å². The van der Waals surface area contributed by atoms with E-state index in [-0.39, 0.29) is 18.4 Å². The SMILES string of the molecule is CCN(CCCO)CC(C)C(=N)N. The van der Waals surface area contributed by atoms with Crippen molar-refractivity contribution in [3.8, 4) is 0 Å². The normalized spacial score (nSPS) is 13.2. The van der Waals surface area contributed by atoms with E-state index in [1.165, 1.54) is 0 Å². The highest BCUT2D eigenvalue weighted by Gasteiger charge is 2.10. The summed E-state index contributed by atoms with van der Waals surface area (Å²) in [7, 11) is 0. The molecular formula is C9H21N3O. The summed E-state index contributed by atoms with van der Waals surface area (Å²) in [6.45, 7) is 6.88. The molecule has 0 aromatic carbocycles. The van der Waals surface area contributed by atoms with Crippen LogP contribution >= 0.6 is 0 Å². The Kier molecular flexibility index (Phi) is 6.54. The second kappa shape index (κ2) is 6.86. The molecule has 78 valence electrons. The zero-order valence-electron chi connectivity index (χ0n) is 8.58. The lowest BCUT2D eigenvalue weighted by Crippen LogP contribution is -2.35. The van der Waals surface area contributed by atoms with Gasteiger partial charge in [-0.3, -0.25) is 5.41 Å². The summed E-state index contributed by atoms with van der Waals surface area (Å²) in [6.07, 6.45) is 0.790. The Balaban J connectivity index is 3.75. The van der Waals surface area contributed by atoms with Gasteiger partial charge in [-0.25, -0.2) is 0 Å². The molecule has 0 aliphatic heterocycles. The van der Waals surface area contributed by atoms with Crippen molar-refractivity contribution in [3.05, 3.63) is 0 Å². The second-order valence-corrected chi connectivity index (χ2v) is 3.33. The first kappa shape index (κ1) is 12.4. The molecule has 0 amide bonds. The van der Waals surface area contributed by atoms with Crippen molar-refractivity contribution in [1.29, 1.82) is 5.41 Å². The number of nitrogens with two attached hydrogens (primary N) is 1. The van der Waals surface area contributed by atoms with Gasteiger partial charge in [-0.1, -0.05) is 13.8 Å². The quantitative estimate of drug-likeness (QED) is 0.395. The van der Waals surface area contributed by atoms with Crippen molar-refractivity contribution in [1.82, 2.24) is 4.90 Å². The van der Waals surface area contributed by atoms with Gasteiger partial charge in [0.05, 0.1) is 5.84 Å². The van der Waals surface area contributed by atoms with Crippen LogP contribution in [0.1, 0.15) is 20.3 Å². The standard InChI is InChI=1S/C9H21N3O/c1-3-12(5-4-6-13)7-8(2)9(10)11/h8,13H,3-7H2,1-2H3,(H3,10,11). The third-order valence-corrected chi connectivity index (χ3v) is 2.14. The Labute approximate surface area is 80.2 Å². The summed E-state index contributed by atoms with van der Waals surface area (Å²) in [5, 5.41) is 15.9. The lowest BCUT2D eigenvalue weighted by atomic mass is 10.1.